The summed E-state index contributed by atoms with van der Waals surface area (Å²) in [6.07, 6.45) is -6.16. The van der Waals surface area contributed by atoms with Gasteiger partial charge in [-0.05, 0) is 55.0 Å². The Morgan fingerprint density at radius 3 is 1.85 bits per heavy atom. The zero-order valence-electron chi connectivity index (χ0n) is 22.4. The molecule has 0 aliphatic rings. The topological polar surface area (TPSA) is 124 Å². The number of amides is 1. The Balaban J connectivity index is 2.57. The van der Waals surface area contributed by atoms with Crippen LogP contribution in [0.1, 0.15) is 45.7 Å². The number of nitrogens with two attached hydrogens (primary N) is 1. The van der Waals surface area contributed by atoms with Crippen molar-refractivity contribution in [3.63, 3.8) is 0 Å². The number of alkyl halides is 5. The second-order valence-corrected chi connectivity index (χ2v) is 12.6. The van der Waals surface area contributed by atoms with E-state index in [9.17, 15) is 36.8 Å². The Morgan fingerprint density at radius 1 is 1.00 bits per heavy atom. The molecular formula is C27H32F5N3O4S. The Kier molecular flexibility index (Phi) is 10.1. The Morgan fingerprint density at radius 2 is 1.48 bits per heavy atom. The summed E-state index contributed by atoms with van der Waals surface area (Å²) in [6.45, 7) is 5.05. The van der Waals surface area contributed by atoms with Crippen molar-refractivity contribution in [3.8, 4) is 17.2 Å². The van der Waals surface area contributed by atoms with Crippen LogP contribution in [-0.4, -0.2) is 60.4 Å². The van der Waals surface area contributed by atoms with Gasteiger partial charge in [-0.1, -0.05) is 50.2 Å². The lowest BCUT2D eigenvalue weighted by Crippen LogP contribution is -2.56. The van der Waals surface area contributed by atoms with Crippen molar-refractivity contribution in [1.82, 2.24) is 4.90 Å². The molecule has 13 heteroatoms. The number of halogens is 5. The molecular weight excluding hydrogens is 557 g/mol. The van der Waals surface area contributed by atoms with E-state index in [0.717, 1.165) is 12.1 Å². The van der Waals surface area contributed by atoms with Crippen LogP contribution in [0.3, 0.4) is 0 Å². The first kappa shape index (κ1) is 33.1. The highest BCUT2D eigenvalue weighted by molar-refractivity contribution is 7.91. The molecule has 40 heavy (non-hydrogen) atoms. The van der Waals surface area contributed by atoms with Gasteiger partial charge in [-0.2, -0.15) is 27.2 Å². The van der Waals surface area contributed by atoms with Gasteiger partial charge in [0.05, 0.1) is 34.9 Å². The van der Waals surface area contributed by atoms with E-state index in [1.165, 1.54) is 50.2 Å². The maximum atomic E-state index is 15.0. The fourth-order valence-corrected chi connectivity index (χ4v) is 6.00. The average molecular weight is 590 g/mol. The minimum Gasteiger partial charge on any atom is -0.389 e. The smallest absolute Gasteiger partial charge is 0.389 e. The monoisotopic (exact) mass is 589 g/mol. The molecule has 0 aromatic heterocycles. The van der Waals surface area contributed by atoms with E-state index in [4.69, 9.17) is 5.73 Å². The van der Waals surface area contributed by atoms with Gasteiger partial charge in [-0.25, -0.2) is 8.42 Å². The average Bonchev–Trinajstić information content (AvgIpc) is 2.80. The molecule has 220 valence electrons. The normalized spacial score (nSPS) is 14.7. The van der Waals surface area contributed by atoms with Crippen LogP contribution in [0, 0.1) is 17.2 Å². The van der Waals surface area contributed by atoms with Gasteiger partial charge in [0.25, 0.3) is 0 Å². The molecule has 0 fully saturated rings. The van der Waals surface area contributed by atoms with Crippen molar-refractivity contribution in [3.05, 3.63) is 54.1 Å². The maximum absolute atomic E-state index is 15.0. The summed E-state index contributed by atoms with van der Waals surface area (Å²) >= 11 is 0. The van der Waals surface area contributed by atoms with E-state index in [1.54, 1.807) is 19.9 Å². The van der Waals surface area contributed by atoms with E-state index in [1.807, 2.05) is 0 Å². The second-order valence-electron chi connectivity index (χ2n) is 10.6. The van der Waals surface area contributed by atoms with Crippen LogP contribution in [0.15, 0.2) is 53.4 Å². The first-order valence-electron chi connectivity index (χ1n) is 12.2. The summed E-state index contributed by atoms with van der Waals surface area (Å²) in [5, 5.41) is 19.1. The zero-order valence-corrected chi connectivity index (χ0v) is 23.2. The number of hydrogen-bond acceptors (Lipinski definition) is 6. The summed E-state index contributed by atoms with van der Waals surface area (Å²) in [6, 6.07) is 7.36. The van der Waals surface area contributed by atoms with Crippen molar-refractivity contribution in [2.75, 3.05) is 12.3 Å². The minimum atomic E-state index is -6.01. The fraction of sp³-hybridized carbons (Fsp3) is 0.481. The van der Waals surface area contributed by atoms with E-state index >= 15 is 8.78 Å². The van der Waals surface area contributed by atoms with Gasteiger partial charge in [0.1, 0.15) is 6.04 Å². The predicted octanol–water partition coefficient (Wildman–Crippen LogP) is 4.86. The molecule has 7 nitrogen and oxygen atoms in total. The van der Waals surface area contributed by atoms with Crippen LogP contribution in [0.5, 0.6) is 0 Å². The van der Waals surface area contributed by atoms with Crippen molar-refractivity contribution in [2.24, 2.45) is 11.7 Å². The Bertz CT molecular complexity index is 1310. The molecule has 3 N–H and O–H groups in total. The van der Waals surface area contributed by atoms with Crippen molar-refractivity contribution < 1.29 is 40.3 Å². The number of nitriles is 1. The third-order valence-electron chi connectivity index (χ3n) is 6.05. The second kappa shape index (κ2) is 12.2. The molecule has 0 unspecified atom stereocenters. The van der Waals surface area contributed by atoms with Crippen molar-refractivity contribution >= 4 is 15.7 Å². The molecule has 2 aromatic carbocycles. The molecule has 0 bridgehead atoms. The summed E-state index contributed by atoms with van der Waals surface area (Å²) in [5.41, 5.74) is 4.24. The van der Waals surface area contributed by atoms with E-state index in [2.05, 4.69) is 0 Å². The Hall–Kier alpha value is -3.08. The third-order valence-corrected chi connectivity index (χ3v) is 8.12. The highest BCUT2D eigenvalue weighted by Crippen LogP contribution is 2.48. The fourth-order valence-electron chi connectivity index (χ4n) is 4.35. The van der Waals surface area contributed by atoms with Gasteiger partial charge in [-0.3, -0.25) is 9.69 Å². The van der Waals surface area contributed by atoms with Crippen molar-refractivity contribution in [2.45, 2.75) is 68.8 Å². The molecule has 2 aromatic rings. The quantitative estimate of drug-likeness (QED) is 0.269. The number of benzene rings is 2. The van der Waals surface area contributed by atoms with E-state index in [-0.39, 0.29) is 17.2 Å². The first-order chi connectivity index (χ1) is 18.2. The van der Waals surface area contributed by atoms with Crippen LogP contribution in [-0.2, 0) is 14.6 Å². The lowest BCUT2D eigenvalue weighted by molar-refractivity contribution is -0.306. The van der Waals surface area contributed by atoms with Crippen LogP contribution >= 0.6 is 0 Å². The van der Waals surface area contributed by atoms with Crippen molar-refractivity contribution in [1.29, 1.82) is 5.26 Å². The number of carbonyl (C=O) groups excluding carboxylic acids is 1. The van der Waals surface area contributed by atoms with Crippen LogP contribution in [0.2, 0.25) is 0 Å². The predicted molar refractivity (Wildman–Crippen MR) is 139 cm³/mol. The molecule has 1 amide bonds. The summed E-state index contributed by atoms with van der Waals surface area (Å²) in [7, 11) is -3.81. The summed E-state index contributed by atoms with van der Waals surface area (Å²) < 4.78 is 95.9. The molecule has 0 radical (unpaired) electrons. The molecule has 0 aliphatic carbocycles. The molecule has 2 atom stereocenters. The molecule has 0 heterocycles. The lowest BCUT2D eigenvalue weighted by atomic mass is 9.92. The minimum absolute atomic E-state index is 0.0605. The van der Waals surface area contributed by atoms with E-state index in [0.29, 0.717) is 16.0 Å². The number of rotatable bonds is 12. The van der Waals surface area contributed by atoms with Gasteiger partial charge in [0, 0.05) is 0 Å². The molecule has 0 aliphatic heterocycles. The molecule has 0 spiro atoms. The highest BCUT2D eigenvalue weighted by atomic mass is 32.2. The standard InChI is InChI=1S/C27H32F5N3O4S/c1-17(2)15-22(24(34)36)35(14-13-33)23(26(28,29)27(30,31)32)20-7-5-18(6-8-20)19-9-11-21(12-10-19)40(38,39)16-25(3,4)37/h5-12,17,22-23,37H,14-16H2,1-4H3,(H2,34,36)/t22-,23-/m0/s1. The number of aliphatic hydroxyl groups is 1. The van der Waals surface area contributed by atoms with Gasteiger partial charge < -0.3 is 10.8 Å². The van der Waals surface area contributed by atoms with E-state index < -0.39 is 63.4 Å². The Labute approximate surface area is 230 Å². The lowest BCUT2D eigenvalue weighted by Gasteiger charge is -2.40. The number of nitrogens with zero attached hydrogens (tertiary/aromatic N) is 2. The highest BCUT2D eigenvalue weighted by Gasteiger charge is 2.65. The van der Waals surface area contributed by atoms with Gasteiger partial charge in [0.15, 0.2) is 9.84 Å². The molecule has 0 saturated heterocycles. The number of sulfone groups is 1. The van der Waals surface area contributed by atoms with Crippen LogP contribution < -0.4 is 5.73 Å². The SMILES string of the molecule is CC(C)C[C@@H](C(N)=O)N(CC#N)[C@@H](c1ccc(-c2ccc(S(=O)(=O)CC(C)(C)O)cc2)cc1)C(F)(F)C(F)(F)F. The molecule has 0 saturated carbocycles. The van der Waals surface area contributed by atoms with Crippen LogP contribution in [0.25, 0.3) is 11.1 Å². The van der Waals surface area contributed by atoms with Gasteiger partial charge in [0.2, 0.25) is 5.91 Å². The van der Waals surface area contributed by atoms with Crippen LogP contribution in [0.4, 0.5) is 22.0 Å². The number of carbonyl (C=O) groups is 1. The summed E-state index contributed by atoms with van der Waals surface area (Å²) in [4.78, 5) is 12.6. The zero-order chi connectivity index (χ0) is 30.7. The molecule has 2 rings (SSSR count). The largest absolute Gasteiger partial charge is 0.455 e. The summed E-state index contributed by atoms with van der Waals surface area (Å²) in [5.74, 6) is -7.32. The number of hydrogen-bond donors (Lipinski definition) is 2. The van der Waals surface area contributed by atoms with Gasteiger partial charge >= 0.3 is 12.1 Å². The number of primary amides is 1. The maximum Gasteiger partial charge on any atom is 0.455 e. The van der Waals surface area contributed by atoms with Gasteiger partial charge in [-0.15, -0.1) is 0 Å². The first-order valence-corrected chi connectivity index (χ1v) is 13.9. The third kappa shape index (κ3) is 7.99.